The zero-order chi connectivity index (χ0) is 11.5. The van der Waals surface area contributed by atoms with Crippen LogP contribution in [-0.2, 0) is 0 Å². The second-order valence-corrected chi connectivity index (χ2v) is 4.76. The first-order valence-electron chi connectivity index (χ1n) is 5.88. The zero-order valence-corrected chi connectivity index (χ0v) is 10.3. The van der Waals surface area contributed by atoms with Crippen molar-refractivity contribution in [3.63, 3.8) is 0 Å². The molecule has 0 unspecified atom stereocenters. The SMILES string of the molecule is CCN1CCC(c2cccc(Cl)c2F)CC1. The van der Waals surface area contributed by atoms with E-state index in [0.717, 1.165) is 38.0 Å². The molecular formula is C13H17ClFN. The molecule has 1 aromatic carbocycles. The van der Waals surface area contributed by atoms with Crippen molar-refractivity contribution in [2.75, 3.05) is 19.6 Å². The van der Waals surface area contributed by atoms with Gasteiger partial charge in [0.15, 0.2) is 0 Å². The Morgan fingerprint density at radius 1 is 1.38 bits per heavy atom. The maximum atomic E-state index is 13.8. The summed E-state index contributed by atoms with van der Waals surface area (Å²) in [5.74, 6) is 0.112. The van der Waals surface area contributed by atoms with Crippen molar-refractivity contribution in [1.29, 1.82) is 0 Å². The van der Waals surface area contributed by atoms with Gasteiger partial charge < -0.3 is 4.90 Å². The molecule has 1 aliphatic heterocycles. The number of piperidine rings is 1. The van der Waals surface area contributed by atoms with Gasteiger partial charge in [-0.15, -0.1) is 0 Å². The zero-order valence-electron chi connectivity index (χ0n) is 9.55. The first-order valence-corrected chi connectivity index (χ1v) is 6.26. The Bertz CT molecular complexity index is 359. The minimum absolute atomic E-state index is 0.223. The van der Waals surface area contributed by atoms with Crippen LogP contribution in [0.15, 0.2) is 18.2 Å². The fraction of sp³-hybridized carbons (Fsp3) is 0.538. The van der Waals surface area contributed by atoms with Gasteiger partial charge >= 0.3 is 0 Å². The van der Waals surface area contributed by atoms with E-state index in [1.165, 1.54) is 0 Å². The van der Waals surface area contributed by atoms with E-state index in [1.54, 1.807) is 6.07 Å². The third-order valence-corrected chi connectivity index (χ3v) is 3.75. The first kappa shape index (κ1) is 11.9. The molecule has 3 heteroatoms. The summed E-state index contributed by atoms with van der Waals surface area (Å²) >= 11 is 5.80. The van der Waals surface area contributed by atoms with Crippen LogP contribution in [0.25, 0.3) is 0 Å². The fourth-order valence-corrected chi connectivity index (χ4v) is 2.58. The molecule has 0 atom stereocenters. The Balaban J connectivity index is 2.11. The minimum atomic E-state index is -0.223. The van der Waals surface area contributed by atoms with Crippen molar-refractivity contribution >= 4 is 11.6 Å². The summed E-state index contributed by atoms with van der Waals surface area (Å²) < 4.78 is 13.8. The van der Waals surface area contributed by atoms with Crippen LogP contribution in [0, 0.1) is 5.82 Å². The predicted molar refractivity (Wildman–Crippen MR) is 65.5 cm³/mol. The molecule has 0 N–H and O–H groups in total. The molecule has 1 fully saturated rings. The van der Waals surface area contributed by atoms with Gasteiger partial charge in [-0.2, -0.15) is 0 Å². The second kappa shape index (κ2) is 5.15. The number of hydrogen-bond acceptors (Lipinski definition) is 1. The van der Waals surface area contributed by atoms with Gasteiger partial charge in [0.25, 0.3) is 0 Å². The lowest BCUT2D eigenvalue weighted by Crippen LogP contribution is -2.32. The number of rotatable bonds is 2. The molecular weight excluding hydrogens is 225 g/mol. The highest BCUT2D eigenvalue weighted by Gasteiger charge is 2.22. The Hall–Kier alpha value is -0.600. The van der Waals surface area contributed by atoms with E-state index >= 15 is 0 Å². The van der Waals surface area contributed by atoms with Gasteiger partial charge in [0.1, 0.15) is 5.82 Å². The minimum Gasteiger partial charge on any atom is -0.304 e. The highest BCUT2D eigenvalue weighted by molar-refractivity contribution is 6.30. The predicted octanol–water partition coefficient (Wildman–Crippen LogP) is 3.68. The van der Waals surface area contributed by atoms with Crippen molar-refractivity contribution in [3.05, 3.63) is 34.6 Å². The van der Waals surface area contributed by atoms with E-state index in [4.69, 9.17) is 11.6 Å². The molecule has 88 valence electrons. The van der Waals surface area contributed by atoms with Gasteiger partial charge in [-0.3, -0.25) is 0 Å². The maximum absolute atomic E-state index is 13.8. The summed E-state index contributed by atoms with van der Waals surface area (Å²) in [6.45, 7) is 5.38. The fourth-order valence-electron chi connectivity index (χ4n) is 2.40. The smallest absolute Gasteiger partial charge is 0.145 e. The van der Waals surface area contributed by atoms with Crippen LogP contribution in [0.1, 0.15) is 31.2 Å². The lowest BCUT2D eigenvalue weighted by molar-refractivity contribution is 0.220. The van der Waals surface area contributed by atoms with E-state index in [2.05, 4.69) is 11.8 Å². The normalized spacial score (nSPS) is 18.9. The number of likely N-dealkylation sites (tertiary alicyclic amines) is 1. The maximum Gasteiger partial charge on any atom is 0.145 e. The van der Waals surface area contributed by atoms with E-state index in [9.17, 15) is 4.39 Å². The summed E-state index contributed by atoms with van der Waals surface area (Å²) in [5.41, 5.74) is 0.795. The van der Waals surface area contributed by atoms with Crippen LogP contribution in [-0.4, -0.2) is 24.5 Å². The molecule has 1 aromatic rings. The molecule has 0 spiro atoms. The molecule has 2 rings (SSSR count). The molecule has 0 aromatic heterocycles. The standard InChI is InChI=1S/C13H17ClFN/c1-2-16-8-6-10(7-9-16)11-4-3-5-12(14)13(11)15/h3-5,10H,2,6-9H2,1H3. The van der Waals surface area contributed by atoms with Crippen LogP contribution >= 0.6 is 11.6 Å². The molecule has 16 heavy (non-hydrogen) atoms. The molecule has 0 bridgehead atoms. The molecule has 0 aliphatic carbocycles. The summed E-state index contributed by atoms with van der Waals surface area (Å²) in [4.78, 5) is 2.40. The Morgan fingerprint density at radius 2 is 2.06 bits per heavy atom. The molecule has 0 radical (unpaired) electrons. The van der Waals surface area contributed by atoms with Gasteiger partial charge in [0.05, 0.1) is 5.02 Å². The molecule has 1 nitrogen and oxygen atoms in total. The van der Waals surface area contributed by atoms with Crippen molar-refractivity contribution in [1.82, 2.24) is 4.90 Å². The topological polar surface area (TPSA) is 3.24 Å². The van der Waals surface area contributed by atoms with Gasteiger partial charge in [-0.25, -0.2) is 4.39 Å². The largest absolute Gasteiger partial charge is 0.304 e. The Labute approximate surface area is 101 Å². The van der Waals surface area contributed by atoms with E-state index in [1.807, 2.05) is 12.1 Å². The van der Waals surface area contributed by atoms with Gasteiger partial charge in [-0.05, 0) is 50.0 Å². The highest BCUT2D eigenvalue weighted by atomic mass is 35.5. The third kappa shape index (κ3) is 2.38. The summed E-state index contributed by atoms with van der Waals surface area (Å²) in [6, 6.07) is 5.32. The summed E-state index contributed by atoms with van der Waals surface area (Å²) in [5, 5.41) is 0.246. The number of halogens is 2. The first-order chi connectivity index (χ1) is 7.72. The number of hydrogen-bond donors (Lipinski definition) is 0. The van der Waals surface area contributed by atoms with Crippen molar-refractivity contribution in [3.8, 4) is 0 Å². The Morgan fingerprint density at radius 3 is 2.69 bits per heavy atom. The monoisotopic (exact) mass is 241 g/mol. The van der Waals surface area contributed by atoms with E-state index in [0.29, 0.717) is 5.92 Å². The summed E-state index contributed by atoms with van der Waals surface area (Å²) in [7, 11) is 0. The Kier molecular flexibility index (Phi) is 3.82. The van der Waals surface area contributed by atoms with Gasteiger partial charge in [0, 0.05) is 0 Å². The highest BCUT2D eigenvalue weighted by Crippen LogP contribution is 2.32. The quantitative estimate of drug-likeness (QED) is 0.764. The second-order valence-electron chi connectivity index (χ2n) is 4.35. The van der Waals surface area contributed by atoms with Crippen molar-refractivity contribution in [2.45, 2.75) is 25.7 Å². The van der Waals surface area contributed by atoms with Crippen LogP contribution in [0.3, 0.4) is 0 Å². The lowest BCUT2D eigenvalue weighted by atomic mass is 9.89. The molecule has 0 amide bonds. The molecule has 1 heterocycles. The van der Waals surface area contributed by atoms with Crippen molar-refractivity contribution in [2.24, 2.45) is 0 Å². The van der Waals surface area contributed by atoms with E-state index < -0.39 is 0 Å². The van der Waals surface area contributed by atoms with Crippen molar-refractivity contribution < 1.29 is 4.39 Å². The van der Waals surface area contributed by atoms with E-state index in [-0.39, 0.29) is 10.8 Å². The van der Waals surface area contributed by atoms with Crippen LogP contribution < -0.4 is 0 Å². The van der Waals surface area contributed by atoms with Crippen LogP contribution in [0.2, 0.25) is 5.02 Å². The summed E-state index contributed by atoms with van der Waals surface area (Å²) in [6.07, 6.45) is 2.07. The van der Waals surface area contributed by atoms with Crippen LogP contribution in [0.5, 0.6) is 0 Å². The van der Waals surface area contributed by atoms with Crippen LogP contribution in [0.4, 0.5) is 4.39 Å². The van der Waals surface area contributed by atoms with Gasteiger partial charge in [0.2, 0.25) is 0 Å². The average molecular weight is 242 g/mol. The van der Waals surface area contributed by atoms with Gasteiger partial charge in [-0.1, -0.05) is 30.7 Å². The molecule has 0 saturated carbocycles. The average Bonchev–Trinajstić information content (AvgIpc) is 2.33. The molecule has 1 saturated heterocycles. The number of nitrogens with zero attached hydrogens (tertiary/aromatic N) is 1. The lowest BCUT2D eigenvalue weighted by Gasteiger charge is -2.31. The third-order valence-electron chi connectivity index (χ3n) is 3.46. The number of benzene rings is 1. The molecule has 1 aliphatic rings.